The van der Waals surface area contributed by atoms with E-state index in [4.69, 9.17) is 21.3 Å². The van der Waals surface area contributed by atoms with Crippen molar-refractivity contribution in [1.82, 2.24) is 4.40 Å². The fraction of sp³-hybridized carbons (Fsp3) is 0.0952. The number of carbonyl (C=O) groups is 2. The second kappa shape index (κ2) is 8.44. The minimum absolute atomic E-state index is 0.0626. The summed E-state index contributed by atoms with van der Waals surface area (Å²) in [6.07, 6.45) is 1.73. The number of carboxylic acid groups (broad SMARTS) is 1. The van der Waals surface area contributed by atoms with Gasteiger partial charge in [0, 0.05) is 23.2 Å². The van der Waals surface area contributed by atoms with Crippen molar-refractivity contribution in [2.75, 3.05) is 7.11 Å². The Kier molecular flexibility index (Phi) is 5.76. The van der Waals surface area contributed by atoms with Crippen molar-refractivity contribution in [3.63, 3.8) is 0 Å². The zero-order chi connectivity index (χ0) is 22.7. The molecular formula is C21H18N6O4. The van der Waals surface area contributed by atoms with E-state index in [1.807, 2.05) is 18.0 Å². The minimum atomic E-state index is -1.32. The average molecular weight is 418 g/mol. The van der Waals surface area contributed by atoms with Gasteiger partial charge in [-0.05, 0) is 37.3 Å². The number of nitrogens with two attached hydrogens (primary N) is 1. The van der Waals surface area contributed by atoms with E-state index in [9.17, 15) is 14.7 Å². The topological polar surface area (TPSA) is 166 Å². The van der Waals surface area contributed by atoms with Crippen molar-refractivity contribution >= 4 is 34.7 Å². The SMILES string of the molecule is COc1c(C)c(C(=O)c2ccc(N=NC(=C=N)C(=N)N)c(C(=O)O)c2)n2ccccc12. The number of hydrogen-bond acceptors (Lipinski definition) is 7. The van der Waals surface area contributed by atoms with Crippen LogP contribution in [-0.2, 0) is 0 Å². The largest absolute Gasteiger partial charge is 0.494 e. The Hall–Kier alpha value is -4.56. The van der Waals surface area contributed by atoms with E-state index in [1.54, 1.807) is 23.6 Å². The van der Waals surface area contributed by atoms with Gasteiger partial charge >= 0.3 is 5.97 Å². The number of azo groups is 1. The first kappa shape index (κ1) is 21.2. The number of nitrogens with one attached hydrogen (secondary N) is 2. The lowest BCUT2D eigenvalue weighted by atomic mass is 10.0. The highest BCUT2D eigenvalue weighted by Gasteiger charge is 2.23. The Balaban J connectivity index is 2.11. The number of rotatable bonds is 7. The smallest absolute Gasteiger partial charge is 0.337 e. The van der Waals surface area contributed by atoms with Crippen LogP contribution in [0.3, 0.4) is 0 Å². The molecule has 0 amide bonds. The molecular weight excluding hydrogens is 400 g/mol. The van der Waals surface area contributed by atoms with Crippen molar-refractivity contribution in [2.24, 2.45) is 16.0 Å². The summed E-state index contributed by atoms with van der Waals surface area (Å²) in [7, 11) is 1.52. The molecule has 10 heteroatoms. The first-order valence-electron chi connectivity index (χ1n) is 8.91. The Labute approximate surface area is 176 Å². The normalized spacial score (nSPS) is 10.8. The molecule has 0 aliphatic carbocycles. The molecule has 2 aromatic heterocycles. The predicted molar refractivity (Wildman–Crippen MR) is 113 cm³/mol. The van der Waals surface area contributed by atoms with E-state index in [-0.39, 0.29) is 22.5 Å². The summed E-state index contributed by atoms with van der Waals surface area (Å²) in [5.41, 5.74) is 6.39. The minimum Gasteiger partial charge on any atom is -0.494 e. The number of benzene rings is 1. The number of ketones is 1. The highest BCUT2D eigenvalue weighted by atomic mass is 16.5. The van der Waals surface area contributed by atoms with Crippen LogP contribution in [0.1, 0.15) is 32.0 Å². The molecule has 0 atom stereocenters. The molecule has 0 spiro atoms. The molecule has 0 saturated carbocycles. The average Bonchev–Trinajstić information content (AvgIpc) is 3.04. The van der Waals surface area contributed by atoms with E-state index in [0.717, 1.165) is 0 Å². The third-order valence-electron chi connectivity index (χ3n) is 4.57. The zero-order valence-corrected chi connectivity index (χ0v) is 16.6. The molecule has 3 aromatic rings. The van der Waals surface area contributed by atoms with Crippen LogP contribution in [0.2, 0.25) is 0 Å². The molecule has 0 saturated heterocycles. The van der Waals surface area contributed by atoms with Crippen molar-refractivity contribution in [3.8, 4) is 5.75 Å². The monoisotopic (exact) mass is 418 g/mol. The summed E-state index contributed by atoms with van der Waals surface area (Å²) in [6.45, 7) is 1.76. The molecule has 1 aromatic carbocycles. The number of ether oxygens (including phenoxy) is 1. The standard InChI is InChI=1S/C21H18N6O4/c1-11-17(27-8-4-3-5-16(27)19(11)31-2)18(28)12-6-7-14(13(9-12)21(29)30)25-26-15(10-22)20(23)24/h3-9,22H,1-2H3,(H3,23,24)(H,29,30). The number of amidine groups is 1. The lowest BCUT2D eigenvalue weighted by Gasteiger charge is -2.06. The first-order valence-corrected chi connectivity index (χ1v) is 8.91. The van der Waals surface area contributed by atoms with Gasteiger partial charge in [0.15, 0.2) is 11.5 Å². The molecule has 0 bridgehead atoms. The number of hydrogen-bond donors (Lipinski definition) is 4. The number of aromatic carboxylic acids is 1. The fourth-order valence-electron chi connectivity index (χ4n) is 3.16. The van der Waals surface area contributed by atoms with Crippen LogP contribution in [0.5, 0.6) is 5.75 Å². The van der Waals surface area contributed by atoms with Gasteiger partial charge < -0.3 is 20.0 Å². The van der Waals surface area contributed by atoms with Gasteiger partial charge in [0.05, 0.1) is 18.2 Å². The molecule has 0 aliphatic rings. The lowest BCUT2D eigenvalue weighted by Crippen LogP contribution is -2.11. The van der Waals surface area contributed by atoms with Crippen LogP contribution in [0.4, 0.5) is 5.69 Å². The van der Waals surface area contributed by atoms with Crippen LogP contribution in [0.15, 0.2) is 58.5 Å². The number of pyridine rings is 1. The predicted octanol–water partition coefficient (Wildman–Crippen LogP) is 3.34. The lowest BCUT2D eigenvalue weighted by molar-refractivity contribution is 0.0697. The number of carboxylic acids is 1. The maximum atomic E-state index is 13.3. The van der Waals surface area contributed by atoms with Crippen LogP contribution in [0.25, 0.3) is 5.52 Å². The van der Waals surface area contributed by atoms with Crippen molar-refractivity contribution in [2.45, 2.75) is 6.92 Å². The quantitative estimate of drug-likeness (QED) is 0.199. The molecule has 31 heavy (non-hydrogen) atoms. The van der Waals surface area contributed by atoms with Crippen LogP contribution < -0.4 is 10.5 Å². The number of nitrogens with zero attached hydrogens (tertiary/aromatic N) is 3. The van der Waals surface area contributed by atoms with Gasteiger partial charge in [0.1, 0.15) is 17.1 Å². The second-order valence-electron chi connectivity index (χ2n) is 6.42. The maximum Gasteiger partial charge on any atom is 0.337 e. The van der Waals surface area contributed by atoms with E-state index < -0.39 is 17.6 Å². The number of carbonyl (C=O) groups excluding carboxylic acids is 1. The van der Waals surface area contributed by atoms with E-state index in [2.05, 4.69) is 10.2 Å². The fourth-order valence-corrected chi connectivity index (χ4v) is 3.16. The van der Waals surface area contributed by atoms with E-state index >= 15 is 0 Å². The zero-order valence-electron chi connectivity index (χ0n) is 16.6. The molecule has 156 valence electrons. The molecule has 3 rings (SSSR count). The Morgan fingerprint density at radius 2 is 2.00 bits per heavy atom. The summed E-state index contributed by atoms with van der Waals surface area (Å²) in [4.78, 5) is 25.0. The van der Waals surface area contributed by atoms with Crippen molar-refractivity contribution < 1.29 is 19.4 Å². The summed E-state index contributed by atoms with van der Waals surface area (Å²) in [5, 5.41) is 31.2. The number of aromatic nitrogens is 1. The Morgan fingerprint density at radius 1 is 1.26 bits per heavy atom. The Morgan fingerprint density at radius 3 is 2.61 bits per heavy atom. The third kappa shape index (κ3) is 3.83. The molecule has 0 unspecified atom stereocenters. The Bertz CT molecular complexity index is 1310. The number of methoxy groups -OCH3 is 1. The van der Waals surface area contributed by atoms with Gasteiger partial charge in [-0.15, -0.1) is 10.2 Å². The molecule has 10 nitrogen and oxygen atoms in total. The van der Waals surface area contributed by atoms with Crippen molar-refractivity contribution in [3.05, 3.63) is 70.7 Å². The summed E-state index contributed by atoms with van der Waals surface area (Å²) < 4.78 is 7.14. The summed E-state index contributed by atoms with van der Waals surface area (Å²) in [6, 6.07) is 9.38. The van der Waals surface area contributed by atoms with Crippen LogP contribution in [-0.4, -0.2) is 40.1 Å². The summed E-state index contributed by atoms with van der Waals surface area (Å²) >= 11 is 0. The summed E-state index contributed by atoms with van der Waals surface area (Å²) in [5.74, 6) is 0.156. The van der Waals surface area contributed by atoms with Crippen LogP contribution in [0, 0.1) is 17.7 Å². The third-order valence-corrected chi connectivity index (χ3v) is 4.57. The van der Waals surface area contributed by atoms with Gasteiger partial charge in [0.2, 0.25) is 5.78 Å². The molecule has 0 fully saturated rings. The van der Waals surface area contributed by atoms with Gasteiger partial charge in [-0.3, -0.25) is 15.6 Å². The van der Waals surface area contributed by atoms with Crippen LogP contribution >= 0.6 is 0 Å². The van der Waals surface area contributed by atoms with Gasteiger partial charge in [-0.1, -0.05) is 6.07 Å². The van der Waals surface area contributed by atoms with E-state index in [1.165, 1.54) is 25.3 Å². The van der Waals surface area contributed by atoms with Gasteiger partial charge in [0.25, 0.3) is 0 Å². The van der Waals surface area contributed by atoms with Gasteiger partial charge in [-0.2, -0.15) is 0 Å². The molecule has 5 N–H and O–H groups in total. The highest BCUT2D eigenvalue weighted by Crippen LogP contribution is 2.32. The molecule has 2 heterocycles. The number of fused-ring (bicyclic) bond motifs is 1. The highest BCUT2D eigenvalue weighted by molar-refractivity contribution is 6.11. The molecule has 0 radical (unpaired) electrons. The molecule has 0 aliphatic heterocycles. The second-order valence-corrected chi connectivity index (χ2v) is 6.42. The van der Waals surface area contributed by atoms with Crippen molar-refractivity contribution in [1.29, 1.82) is 10.8 Å². The van der Waals surface area contributed by atoms with E-state index in [0.29, 0.717) is 22.5 Å². The van der Waals surface area contributed by atoms with Gasteiger partial charge in [-0.25, -0.2) is 4.79 Å². The maximum absolute atomic E-state index is 13.3. The first-order chi connectivity index (χ1) is 14.8.